The number of likely N-dealkylation sites (tertiary alicyclic amines) is 1. The summed E-state index contributed by atoms with van der Waals surface area (Å²) >= 11 is 0. The molecular weight excluding hydrogens is 412 g/mol. The van der Waals surface area contributed by atoms with Gasteiger partial charge in [0, 0.05) is 25.9 Å². The van der Waals surface area contributed by atoms with Crippen molar-refractivity contribution in [3.05, 3.63) is 0 Å². The molecule has 2 aliphatic heterocycles. The minimum Gasteiger partial charge on any atom is -0.394 e. The third-order valence-electron chi connectivity index (χ3n) is 7.52. The summed E-state index contributed by atoms with van der Waals surface area (Å²) < 4.78 is 0. The van der Waals surface area contributed by atoms with Gasteiger partial charge < -0.3 is 26.0 Å². The normalized spacial score (nSPS) is 30.2. The van der Waals surface area contributed by atoms with Crippen LogP contribution in [0.15, 0.2) is 0 Å². The van der Waals surface area contributed by atoms with E-state index in [1.165, 1.54) is 6.92 Å². The molecule has 2 saturated heterocycles. The summed E-state index contributed by atoms with van der Waals surface area (Å²) in [6.45, 7) is 12.0. The number of hydrogen-bond donors (Lipinski definition) is 4. The molecule has 4 N–H and O–H groups in total. The van der Waals surface area contributed by atoms with Crippen molar-refractivity contribution in [3.8, 4) is 0 Å². The molecule has 0 bridgehead atoms. The lowest BCUT2D eigenvalue weighted by atomic mass is 9.85. The second-order valence-corrected chi connectivity index (χ2v) is 11.3. The molecule has 9 nitrogen and oxygen atoms in total. The lowest BCUT2D eigenvalue weighted by Crippen LogP contribution is -2.59. The van der Waals surface area contributed by atoms with Crippen molar-refractivity contribution in [2.45, 2.75) is 72.5 Å². The summed E-state index contributed by atoms with van der Waals surface area (Å²) in [7, 11) is 0. The number of aliphatic hydroxyl groups is 1. The number of piperidine rings is 1. The Morgan fingerprint density at radius 1 is 1.25 bits per heavy atom. The molecule has 0 aromatic rings. The lowest BCUT2D eigenvalue weighted by Gasteiger charge is -2.37. The zero-order valence-electron chi connectivity index (χ0n) is 20.0. The summed E-state index contributed by atoms with van der Waals surface area (Å²) in [6, 6.07) is -1.96. The molecular formula is C23H38N4O5. The Balaban J connectivity index is 1.77. The minimum absolute atomic E-state index is 0.0264. The van der Waals surface area contributed by atoms with E-state index in [1.54, 1.807) is 4.90 Å². The number of rotatable bonds is 7. The first kappa shape index (κ1) is 24.5. The largest absolute Gasteiger partial charge is 0.394 e. The monoisotopic (exact) mass is 450 g/mol. The van der Waals surface area contributed by atoms with E-state index in [2.05, 4.69) is 29.8 Å². The molecule has 3 rings (SSSR count). The van der Waals surface area contributed by atoms with Crippen LogP contribution in [0, 0.1) is 28.6 Å². The second-order valence-electron chi connectivity index (χ2n) is 11.3. The molecule has 0 aromatic heterocycles. The summed E-state index contributed by atoms with van der Waals surface area (Å²) in [4.78, 5) is 52.2. The van der Waals surface area contributed by atoms with Crippen LogP contribution in [0.3, 0.4) is 0 Å². The van der Waals surface area contributed by atoms with Gasteiger partial charge in [0.15, 0.2) is 0 Å². The third-order valence-corrected chi connectivity index (χ3v) is 7.52. The second kappa shape index (κ2) is 8.65. The molecule has 0 aromatic carbocycles. The molecule has 180 valence electrons. The van der Waals surface area contributed by atoms with Crippen molar-refractivity contribution in [2.24, 2.45) is 28.6 Å². The molecule has 0 unspecified atom stereocenters. The van der Waals surface area contributed by atoms with Crippen molar-refractivity contribution < 1.29 is 24.3 Å². The van der Waals surface area contributed by atoms with E-state index < -0.39 is 23.5 Å². The van der Waals surface area contributed by atoms with E-state index in [4.69, 9.17) is 0 Å². The highest BCUT2D eigenvalue weighted by molar-refractivity contribution is 5.94. The Hall–Kier alpha value is -2.16. The summed E-state index contributed by atoms with van der Waals surface area (Å²) in [6.07, 6.45) is 1.05. The van der Waals surface area contributed by atoms with Gasteiger partial charge in [0.05, 0.1) is 12.6 Å². The number of nitrogens with one attached hydrogen (secondary N) is 3. The predicted molar refractivity (Wildman–Crippen MR) is 118 cm³/mol. The van der Waals surface area contributed by atoms with Gasteiger partial charge in [-0.05, 0) is 35.5 Å². The summed E-state index contributed by atoms with van der Waals surface area (Å²) in [5, 5.41) is 18.3. The zero-order chi connectivity index (χ0) is 24.0. The van der Waals surface area contributed by atoms with Crippen LogP contribution in [-0.4, -0.2) is 71.5 Å². The SMILES string of the molecule is CC(=O)N[C@H](C(=O)N1C[C@H]2[C@@H]([C@H]1C(=O)N[C@H](CO)C[C@@H]1CCNC1=O)C2(C)C)C(C)(C)C. The van der Waals surface area contributed by atoms with Gasteiger partial charge in [0.1, 0.15) is 12.1 Å². The van der Waals surface area contributed by atoms with Gasteiger partial charge in [0.25, 0.3) is 0 Å². The van der Waals surface area contributed by atoms with Crippen LogP contribution in [-0.2, 0) is 19.2 Å². The molecule has 3 fully saturated rings. The Morgan fingerprint density at radius 3 is 2.41 bits per heavy atom. The zero-order valence-corrected chi connectivity index (χ0v) is 20.0. The van der Waals surface area contributed by atoms with E-state index in [0.717, 1.165) is 0 Å². The number of carbonyl (C=O) groups is 4. The fourth-order valence-corrected chi connectivity index (χ4v) is 5.51. The molecule has 9 heteroatoms. The highest BCUT2D eigenvalue weighted by Crippen LogP contribution is 2.65. The van der Waals surface area contributed by atoms with Gasteiger partial charge in [-0.2, -0.15) is 0 Å². The van der Waals surface area contributed by atoms with E-state index in [1.807, 2.05) is 20.8 Å². The van der Waals surface area contributed by atoms with Crippen molar-refractivity contribution in [3.63, 3.8) is 0 Å². The van der Waals surface area contributed by atoms with Crippen molar-refractivity contribution in [1.29, 1.82) is 0 Å². The van der Waals surface area contributed by atoms with Crippen LogP contribution in [0.4, 0.5) is 0 Å². The number of hydrogen-bond acceptors (Lipinski definition) is 5. The maximum atomic E-state index is 13.5. The molecule has 3 aliphatic rings. The maximum Gasteiger partial charge on any atom is 0.246 e. The molecule has 2 heterocycles. The Bertz CT molecular complexity index is 790. The predicted octanol–water partition coefficient (Wildman–Crippen LogP) is 0.0235. The molecule has 4 amide bonds. The average Bonchev–Trinajstić information content (AvgIpc) is 3.05. The molecule has 1 aliphatic carbocycles. The number of aliphatic hydroxyl groups excluding tert-OH is 1. The minimum atomic E-state index is -0.744. The first-order valence-corrected chi connectivity index (χ1v) is 11.6. The Morgan fingerprint density at radius 2 is 1.91 bits per heavy atom. The van der Waals surface area contributed by atoms with E-state index in [-0.39, 0.29) is 53.4 Å². The van der Waals surface area contributed by atoms with Crippen LogP contribution in [0.5, 0.6) is 0 Å². The van der Waals surface area contributed by atoms with E-state index in [9.17, 15) is 24.3 Å². The first-order chi connectivity index (χ1) is 14.8. The summed E-state index contributed by atoms with van der Waals surface area (Å²) in [5.74, 6) is -0.895. The van der Waals surface area contributed by atoms with Crippen LogP contribution >= 0.6 is 0 Å². The van der Waals surface area contributed by atoms with Gasteiger partial charge in [-0.25, -0.2) is 0 Å². The third kappa shape index (κ3) is 4.63. The van der Waals surface area contributed by atoms with Crippen LogP contribution < -0.4 is 16.0 Å². The summed E-state index contributed by atoms with van der Waals surface area (Å²) in [5.41, 5.74) is -0.570. The van der Waals surface area contributed by atoms with Gasteiger partial charge >= 0.3 is 0 Å². The number of nitrogens with zero attached hydrogens (tertiary/aromatic N) is 1. The maximum absolute atomic E-state index is 13.5. The lowest BCUT2D eigenvalue weighted by molar-refractivity contribution is -0.145. The fourth-order valence-electron chi connectivity index (χ4n) is 5.51. The quantitative estimate of drug-likeness (QED) is 0.435. The molecule has 0 radical (unpaired) electrons. The van der Waals surface area contributed by atoms with Crippen LogP contribution in [0.25, 0.3) is 0 Å². The molecule has 0 spiro atoms. The fraction of sp³-hybridized carbons (Fsp3) is 0.826. The van der Waals surface area contributed by atoms with Crippen LogP contribution in [0.2, 0.25) is 0 Å². The van der Waals surface area contributed by atoms with Gasteiger partial charge in [-0.3, -0.25) is 19.2 Å². The average molecular weight is 451 g/mol. The van der Waals surface area contributed by atoms with Gasteiger partial charge in [-0.1, -0.05) is 34.6 Å². The smallest absolute Gasteiger partial charge is 0.246 e. The first-order valence-electron chi connectivity index (χ1n) is 11.6. The number of amides is 4. The highest BCUT2D eigenvalue weighted by atomic mass is 16.3. The van der Waals surface area contributed by atoms with Crippen molar-refractivity contribution in [2.75, 3.05) is 19.7 Å². The van der Waals surface area contributed by atoms with E-state index in [0.29, 0.717) is 25.9 Å². The van der Waals surface area contributed by atoms with Crippen molar-refractivity contribution in [1.82, 2.24) is 20.9 Å². The molecule has 1 saturated carbocycles. The van der Waals surface area contributed by atoms with Gasteiger partial charge in [-0.15, -0.1) is 0 Å². The standard InChI is InChI=1S/C23H38N4O5/c1-12(29)25-18(22(2,3)4)21(32)27-10-15-16(23(15,5)6)17(27)20(31)26-14(11-28)9-13-7-8-24-19(13)30/h13-18,28H,7-11H2,1-6H3,(H,24,30)(H,25,29)(H,26,31)/t13-,14-,15-,16-,17-,18+/m0/s1. The van der Waals surface area contributed by atoms with Crippen molar-refractivity contribution >= 4 is 23.6 Å². The van der Waals surface area contributed by atoms with Gasteiger partial charge in [0.2, 0.25) is 23.6 Å². The Labute approximate surface area is 190 Å². The number of carbonyl (C=O) groups excluding carboxylic acids is 4. The number of fused-ring (bicyclic) bond motifs is 1. The molecule has 32 heavy (non-hydrogen) atoms. The molecule has 6 atom stereocenters. The van der Waals surface area contributed by atoms with E-state index >= 15 is 0 Å². The van der Waals surface area contributed by atoms with Crippen LogP contribution in [0.1, 0.15) is 54.4 Å². The topological polar surface area (TPSA) is 128 Å². The Kier molecular flexibility index (Phi) is 6.62. The highest BCUT2D eigenvalue weighted by Gasteiger charge is 2.69.